The van der Waals surface area contributed by atoms with Gasteiger partial charge >= 0.3 is 0 Å². The molecular weight excluding hydrogens is 364 g/mol. The first-order valence-electron chi connectivity index (χ1n) is 10.1. The van der Waals surface area contributed by atoms with Gasteiger partial charge in [-0.1, -0.05) is 50.2 Å². The van der Waals surface area contributed by atoms with Crippen LogP contribution in [0.2, 0.25) is 0 Å². The maximum Gasteiger partial charge on any atom is 0.290 e. The Morgan fingerprint density at radius 2 is 1.83 bits per heavy atom. The van der Waals surface area contributed by atoms with Crippen LogP contribution in [0.1, 0.15) is 53.9 Å². The fraction of sp³-hybridized carbons (Fsp3) is 0.348. The van der Waals surface area contributed by atoms with Gasteiger partial charge in [-0.15, -0.1) is 0 Å². The molecule has 0 saturated heterocycles. The topological polar surface area (TPSA) is 66.7 Å². The van der Waals surface area contributed by atoms with Gasteiger partial charge in [-0.25, -0.2) is 4.98 Å². The van der Waals surface area contributed by atoms with Gasteiger partial charge in [-0.2, -0.15) is 0 Å². The van der Waals surface area contributed by atoms with Crippen LogP contribution in [0.25, 0.3) is 5.52 Å². The zero-order valence-electron chi connectivity index (χ0n) is 17.3. The average molecular weight is 393 g/mol. The molecule has 2 amide bonds. The van der Waals surface area contributed by atoms with Gasteiger partial charge in [-0.3, -0.25) is 14.0 Å². The summed E-state index contributed by atoms with van der Waals surface area (Å²) in [5, 5.41) is 2.92. The minimum atomic E-state index is -0.250. The standard InChI is InChI=1S/C23H28N4O2/c1-4-26(16-18-10-6-5-7-11-18)23(29)21-25-20(19-12-8-9-15-27(19)21)22(28)24-14-13-17(2)3/h5-12,15,17H,4,13-14,16H2,1-3H3,(H,24,28). The number of benzene rings is 1. The minimum Gasteiger partial charge on any atom is -0.351 e. The summed E-state index contributed by atoms with van der Waals surface area (Å²) >= 11 is 0. The van der Waals surface area contributed by atoms with Crippen LogP contribution in [0.3, 0.4) is 0 Å². The molecule has 0 unspecified atom stereocenters. The summed E-state index contributed by atoms with van der Waals surface area (Å²) in [6.45, 7) is 7.79. The quantitative estimate of drug-likeness (QED) is 0.634. The number of nitrogens with one attached hydrogen (secondary N) is 1. The van der Waals surface area contributed by atoms with Crippen molar-refractivity contribution in [2.75, 3.05) is 13.1 Å². The molecule has 6 heteroatoms. The lowest BCUT2D eigenvalue weighted by Gasteiger charge is -2.20. The van der Waals surface area contributed by atoms with Gasteiger partial charge in [0.1, 0.15) is 0 Å². The van der Waals surface area contributed by atoms with Crippen LogP contribution in [-0.4, -0.2) is 39.2 Å². The summed E-state index contributed by atoms with van der Waals surface area (Å²) in [6, 6.07) is 15.3. The maximum atomic E-state index is 13.2. The molecule has 1 aromatic carbocycles. The Labute approximate surface area is 171 Å². The van der Waals surface area contributed by atoms with E-state index in [1.54, 1.807) is 15.5 Å². The van der Waals surface area contributed by atoms with Gasteiger partial charge in [0.15, 0.2) is 5.69 Å². The van der Waals surface area contributed by atoms with E-state index in [9.17, 15) is 9.59 Å². The number of nitrogens with zero attached hydrogens (tertiary/aromatic N) is 3. The third-order valence-corrected chi connectivity index (χ3v) is 4.85. The SMILES string of the molecule is CCN(Cc1ccccc1)C(=O)c1nc(C(=O)NCCC(C)C)c2ccccn12. The Hall–Kier alpha value is -3.15. The Bertz CT molecular complexity index is 979. The van der Waals surface area contributed by atoms with Crippen molar-refractivity contribution in [3.8, 4) is 0 Å². The lowest BCUT2D eigenvalue weighted by atomic mass is 10.1. The molecule has 2 heterocycles. The number of hydrogen-bond donors (Lipinski definition) is 1. The summed E-state index contributed by atoms with van der Waals surface area (Å²) in [5.74, 6) is 0.313. The number of pyridine rings is 1. The van der Waals surface area contributed by atoms with Crippen LogP contribution >= 0.6 is 0 Å². The number of hydrogen-bond acceptors (Lipinski definition) is 3. The van der Waals surface area contributed by atoms with Gasteiger partial charge in [-0.05, 0) is 37.0 Å². The van der Waals surface area contributed by atoms with Gasteiger partial charge in [0.25, 0.3) is 11.8 Å². The molecule has 29 heavy (non-hydrogen) atoms. The molecule has 1 N–H and O–H groups in total. The van der Waals surface area contributed by atoms with E-state index in [-0.39, 0.29) is 23.3 Å². The van der Waals surface area contributed by atoms with Crippen LogP contribution in [0.5, 0.6) is 0 Å². The molecule has 0 atom stereocenters. The number of aromatic nitrogens is 2. The van der Waals surface area contributed by atoms with E-state index in [2.05, 4.69) is 24.1 Å². The van der Waals surface area contributed by atoms with Crippen LogP contribution in [-0.2, 0) is 6.54 Å². The molecule has 152 valence electrons. The summed E-state index contributed by atoms with van der Waals surface area (Å²) in [7, 11) is 0. The van der Waals surface area contributed by atoms with Gasteiger partial charge in [0, 0.05) is 25.8 Å². The minimum absolute atomic E-state index is 0.196. The number of carbonyl (C=O) groups excluding carboxylic acids is 2. The molecular formula is C23H28N4O2. The highest BCUT2D eigenvalue weighted by molar-refractivity contribution is 6.02. The van der Waals surface area contributed by atoms with E-state index in [1.165, 1.54) is 0 Å². The first-order valence-corrected chi connectivity index (χ1v) is 10.1. The number of rotatable bonds is 8. The normalized spacial score (nSPS) is 11.0. The molecule has 0 radical (unpaired) electrons. The Kier molecular flexibility index (Phi) is 6.65. The van der Waals surface area contributed by atoms with Crippen molar-refractivity contribution in [2.45, 2.75) is 33.7 Å². The molecule has 0 fully saturated rings. The molecule has 0 aliphatic rings. The van der Waals surface area contributed by atoms with E-state index in [1.807, 2.05) is 55.5 Å². The van der Waals surface area contributed by atoms with Gasteiger partial charge in [0.05, 0.1) is 5.52 Å². The highest BCUT2D eigenvalue weighted by Gasteiger charge is 2.24. The molecule has 0 aliphatic heterocycles. The highest BCUT2D eigenvalue weighted by atomic mass is 16.2. The Balaban J connectivity index is 1.88. The van der Waals surface area contributed by atoms with Crippen LogP contribution < -0.4 is 5.32 Å². The molecule has 0 bridgehead atoms. The van der Waals surface area contributed by atoms with Crippen molar-refractivity contribution in [1.82, 2.24) is 19.6 Å². The molecule has 0 saturated carbocycles. The predicted octanol–water partition coefficient (Wildman–Crippen LogP) is 3.77. The van der Waals surface area contributed by atoms with E-state index < -0.39 is 0 Å². The molecule has 2 aromatic heterocycles. The lowest BCUT2D eigenvalue weighted by Crippen LogP contribution is -2.32. The van der Waals surface area contributed by atoms with Crippen molar-refractivity contribution in [3.05, 3.63) is 71.8 Å². The number of fused-ring (bicyclic) bond motifs is 1. The molecule has 0 spiro atoms. The molecule has 3 rings (SSSR count). The highest BCUT2D eigenvalue weighted by Crippen LogP contribution is 2.16. The van der Waals surface area contributed by atoms with E-state index >= 15 is 0 Å². The van der Waals surface area contributed by atoms with Crippen molar-refractivity contribution in [1.29, 1.82) is 0 Å². The van der Waals surface area contributed by atoms with Crippen molar-refractivity contribution in [2.24, 2.45) is 5.92 Å². The van der Waals surface area contributed by atoms with Crippen molar-refractivity contribution < 1.29 is 9.59 Å². The second-order valence-electron chi connectivity index (χ2n) is 7.48. The predicted molar refractivity (Wildman–Crippen MR) is 114 cm³/mol. The molecule has 3 aromatic rings. The molecule has 6 nitrogen and oxygen atoms in total. The van der Waals surface area contributed by atoms with Crippen LogP contribution in [0.4, 0.5) is 0 Å². The first kappa shape index (κ1) is 20.6. The summed E-state index contributed by atoms with van der Waals surface area (Å²) in [5.41, 5.74) is 1.97. The number of amides is 2. The summed E-state index contributed by atoms with van der Waals surface area (Å²) in [6.07, 6.45) is 2.67. The zero-order valence-corrected chi connectivity index (χ0v) is 17.3. The van der Waals surface area contributed by atoms with Gasteiger partial charge in [0.2, 0.25) is 5.82 Å². The van der Waals surface area contributed by atoms with E-state index in [4.69, 9.17) is 0 Å². The first-order chi connectivity index (χ1) is 14.0. The third kappa shape index (κ3) is 4.83. The van der Waals surface area contributed by atoms with Crippen molar-refractivity contribution >= 4 is 17.3 Å². The largest absolute Gasteiger partial charge is 0.351 e. The van der Waals surface area contributed by atoms with Gasteiger partial charge < -0.3 is 10.2 Å². The second-order valence-corrected chi connectivity index (χ2v) is 7.48. The van der Waals surface area contributed by atoms with Crippen LogP contribution in [0, 0.1) is 5.92 Å². The fourth-order valence-electron chi connectivity index (χ4n) is 3.19. The Morgan fingerprint density at radius 1 is 1.10 bits per heavy atom. The second kappa shape index (κ2) is 9.37. The Morgan fingerprint density at radius 3 is 2.52 bits per heavy atom. The fourth-order valence-corrected chi connectivity index (χ4v) is 3.19. The van der Waals surface area contributed by atoms with Crippen molar-refractivity contribution in [3.63, 3.8) is 0 Å². The van der Waals surface area contributed by atoms with E-state index in [0.717, 1.165) is 12.0 Å². The lowest BCUT2D eigenvalue weighted by molar-refractivity contribution is 0.0739. The maximum absolute atomic E-state index is 13.2. The number of imidazole rings is 1. The van der Waals surface area contributed by atoms with Crippen LogP contribution in [0.15, 0.2) is 54.7 Å². The average Bonchev–Trinajstić information content (AvgIpc) is 3.12. The van der Waals surface area contributed by atoms with E-state index in [0.29, 0.717) is 31.1 Å². The molecule has 0 aliphatic carbocycles. The summed E-state index contributed by atoms with van der Waals surface area (Å²) < 4.78 is 1.70. The third-order valence-electron chi connectivity index (χ3n) is 4.85. The monoisotopic (exact) mass is 392 g/mol. The smallest absolute Gasteiger partial charge is 0.290 e. The number of carbonyl (C=O) groups is 2. The summed E-state index contributed by atoms with van der Waals surface area (Å²) in [4.78, 5) is 32.1. The zero-order chi connectivity index (χ0) is 20.8.